The van der Waals surface area contributed by atoms with Crippen molar-refractivity contribution in [3.63, 3.8) is 0 Å². The Morgan fingerprint density at radius 1 is 1.50 bits per heavy atom. The summed E-state index contributed by atoms with van der Waals surface area (Å²) in [5, 5.41) is 5.48. The van der Waals surface area contributed by atoms with Crippen molar-refractivity contribution >= 4 is 11.9 Å². The predicted molar refractivity (Wildman–Crippen MR) is 70.1 cm³/mol. The monoisotopic (exact) mass is 256 g/mol. The van der Waals surface area contributed by atoms with Crippen LogP contribution in [0.25, 0.3) is 0 Å². The molecule has 0 aliphatic carbocycles. The number of nitrogens with one attached hydrogen (secondary N) is 2. The Balaban J connectivity index is 2.37. The number of nitrogens with two attached hydrogens (primary N) is 1. The van der Waals surface area contributed by atoms with E-state index in [0.29, 0.717) is 5.92 Å². The molecule has 18 heavy (non-hydrogen) atoms. The van der Waals surface area contributed by atoms with Crippen LogP contribution in [-0.2, 0) is 4.79 Å². The fourth-order valence-electron chi connectivity index (χ4n) is 2.38. The lowest BCUT2D eigenvalue weighted by molar-refractivity contribution is -0.121. The van der Waals surface area contributed by atoms with Crippen molar-refractivity contribution < 1.29 is 9.59 Å². The lowest BCUT2D eigenvalue weighted by Crippen LogP contribution is -2.45. The highest BCUT2D eigenvalue weighted by atomic mass is 16.2. The van der Waals surface area contributed by atoms with Gasteiger partial charge in [0.25, 0.3) is 0 Å². The molecule has 1 heterocycles. The Kier molecular flexibility index (Phi) is 6.67. The van der Waals surface area contributed by atoms with Crippen molar-refractivity contribution in [3.8, 4) is 0 Å². The number of urea groups is 1. The van der Waals surface area contributed by atoms with Crippen molar-refractivity contribution in [3.05, 3.63) is 0 Å². The molecule has 0 spiro atoms. The van der Waals surface area contributed by atoms with Gasteiger partial charge < -0.3 is 11.1 Å². The molecule has 3 amide bonds. The summed E-state index contributed by atoms with van der Waals surface area (Å²) in [5.74, 6) is 0.270. The normalized spacial score (nSPS) is 19.8. The minimum atomic E-state index is -0.782. The quantitative estimate of drug-likeness (QED) is 0.619. The Labute approximate surface area is 108 Å². The lowest BCUT2D eigenvalue weighted by Gasteiger charge is -2.29. The number of primary amides is 1. The Hall–Kier alpha value is -1.14. The van der Waals surface area contributed by atoms with E-state index < -0.39 is 6.03 Å². The van der Waals surface area contributed by atoms with Crippen LogP contribution in [-0.4, -0.2) is 49.6 Å². The van der Waals surface area contributed by atoms with Gasteiger partial charge in [0, 0.05) is 6.54 Å². The summed E-state index contributed by atoms with van der Waals surface area (Å²) in [5.41, 5.74) is 4.93. The van der Waals surface area contributed by atoms with Crippen molar-refractivity contribution in [2.24, 2.45) is 11.7 Å². The Morgan fingerprint density at radius 3 is 2.83 bits per heavy atom. The van der Waals surface area contributed by atoms with Gasteiger partial charge in [-0.25, -0.2) is 4.79 Å². The maximum atomic E-state index is 11.5. The summed E-state index contributed by atoms with van der Waals surface area (Å²) in [6.07, 6.45) is 3.38. The lowest BCUT2D eigenvalue weighted by atomic mass is 9.99. The van der Waals surface area contributed by atoms with E-state index in [1.54, 1.807) is 0 Å². The van der Waals surface area contributed by atoms with Crippen LogP contribution in [0, 0.1) is 5.92 Å². The molecule has 0 bridgehead atoms. The van der Waals surface area contributed by atoms with Crippen LogP contribution < -0.4 is 16.4 Å². The fraction of sp³-hybridized carbons (Fsp3) is 0.833. The minimum absolute atomic E-state index is 0.243. The maximum Gasteiger partial charge on any atom is 0.318 e. The van der Waals surface area contributed by atoms with E-state index in [2.05, 4.69) is 22.5 Å². The predicted octanol–water partition coefficient (Wildman–Crippen LogP) is -0.107. The van der Waals surface area contributed by atoms with Gasteiger partial charge in [0.05, 0.1) is 6.54 Å². The molecule has 1 saturated heterocycles. The molecule has 1 unspecified atom stereocenters. The van der Waals surface area contributed by atoms with Gasteiger partial charge in [0.1, 0.15) is 0 Å². The molecule has 1 aliphatic heterocycles. The summed E-state index contributed by atoms with van der Waals surface area (Å²) >= 11 is 0. The topological polar surface area (TPSA) is 87.5 Å². The van der Waals surface area contributed by atoms with Crippen LogP contribution >= 0.6 is 0 Å². The summed E-state index contributed by atoms with van der Waals surface area (Å²) in [6, 6.07) is -0.782. The summed E-state index contributed by atoms with van der Waals surface area (Å²) in [4.78, 5) is 24.2. The zero-order valence-electron chi connectivity index (χ0n) is 11.1. The van der Waals surface area contributed by atoms with E-state index in [4.69, 9.17) is 5.73 Å². The van der Waals surface area contributed by atoms with Gasteiger partial charge in [-0.2, -0.15) is 0 Å². The first-order chi connectivity index (χ1) is 8.61. The van der Waals surface area contributed by atoms with Crippen LogP contribution in [0.1, 0.15) is 26.2 Å². The van der Waals surface area contributed by atoms with Gasteiger partial charge in [0.2, 0.25) is 5.91 Å². The van der Waals surface area contributed by atoms with E-state index in [1.807, 2.05) is 0 Å². The Morgan fingerprint density at radius 2 is 2.28 bits per heavy atom. The zero-order chi connectivity index (χ0) is 13.4. The van der Waals surface area contributed by atoms with Crippen LogP contribution in [0.15, 0.2) is 0 Å². The number of carbonyl (C=O) groups is 2. The first-order valence-corrected chi connectivity index (χ1v) is 6.64. The number of rotatable bonds is 6. The molecular formula is C12H24N4O2. The van der Waals surface area contributed by atoms with E-state index in [-0.39, 0.29) is 12.5 Å². The van der Waals surface area contributed by atoms with Gasteiger partial charge >= 0.3 is 6.03 Å². The standard InChI is InChI=1S/C12H24N4O2/c1-2-6-16(9-11(17)15-12(13)18)8-10-4-3-5-14-7-10/h10,14H,2-9H2,1H3,(H3,13,15,17,18). The molecule has 1 fully saturated rings. The summed E-state index contributed by atoms with van der Waals surface area (Å²) < 4.78 is 0. The number of carbonyl (C=O) groups excluding carboxylic acids is 2. The van der Waals surface area contributed by atoms with Gasteiger partial charge in [0.15, 0.2) is 0 Å². The number of imide groups is 1. The van der Waals surface area contributed by atoms with Crippen molar-refractivity contribution in [1.29, 1.82) is 0 Å². The first-order valence-electron chi connectivity index (χ1n) is 6.64. The molecule has 1 aliphatic rings. The van der Waals surface area contributed by atoms with E-state index in [0.717, 1.165) is 32.6 Å². The third kappa shape index (κ3) is 5.97. The third-order valence-electron chi connectivity index (χ3n) is 3.09. The van der Waals surface area contributed by atoms with E-state index in [9.17, 15) is 9.59 Å². The van der Waals surface area contributed by atoms with Crippen LogP contribution in [0.3, 0.4) is 0 Å². The fourth-order valence-corrected chi connectivity index (χ4v) is 2.38. The van der Waals surface area contributed by atoms with Gasteiger partial charge in [-0.1, -0.05) is 6.92 Å². The minimum Gasteiger partial charge on any atom is -0.351 e. The number of hydrogen-bond donors (Lipinski definition) is 3. The molecule has 0 radical (unpaired) electrons. The highest BCUT2D eigenvalue weighted by molar-refractivity contribution is 5.94. The first kappa shape index (κ1) is 14.9. The van der Waals surface area contributed by atoms with Crippen LogP contribution in [0.4, 0.5) is 4.79 Å². The molecular weight excluding hydrogens is 232 g/mol. The van der Waals surface area contributed by atoms with Crippen molar-refractivity contribution in [1.82, 2.24) is 15.5 Å². The second-order valence-electron chi connectivity index (χ2n) is 4.86. The second-order valence-corrected chi connectivity index (χ2v) is 4.86. The number of hydrogen-bond acceptors (Lipinski definition) is 4. The van der Waals surface area contributed by atoms with E-state index in [1.165, 1.54) is 12.8 Å². The smallest absolute Gasteiger partial charge is 0.318 e. The van der Waals surface area contributed by atoms with Crippen LogP contribution in [0.2, 0.25) is 0 Å². The van der Waals surface area contributed by atoms with E-state index >= 15 is 0 Å². The highest BCUT2D eigenvalue weighted by Gasteiger charge is 2.18. The average molecular weight is 256 g/mol. The van der Waals surface area contributed by atoms with Crippen LogP contribution in [0.5, 0.6) is 0 Å². The molecule has 6 heteroatoms. The highest BCUT2D eigenvalue weighted by Crippen LogP contribution is 2.11. The van der Waals surface area contributed by atoms with Gasteiger partial charge in [-0.15, -0.1) is 0 Å². The molecule has 1 atom stereocenters. The number of piperidine rings is 1. The second kappa shape index (κ2) is 8.05. The van der Waals surface area contributed by atoms with Crippen molar-refractivity contribution in [2.75, 3.05) is 32.7 Å². The molecule has 1 rings (SSSR count). The third-order valence-corrected chi connectivity index (χ3v) is 3.09. The number of amides is 3. The number of nitrogens with zero attached hydrogens (tertiary/aromatic N) is 1. The largest absolute Gasteiger partial charge is 0.351 e. The zero-order valence-corrected chi connectivity index (χ0v) is 11.1. The summed E-state index contributed by atoms with van der Waals surface area (Å²) in [7, 11) is 0. The van der Waals surface area contributed by atoms with Crippen molar-refractivity contribution in [2.45, 2.75) is 26.2 Å². The SMILES string of the molecule is CCCN(CC(=O)NC(N)=O)CC1CCCNC1. The maximum absolute atomic E-state index is 11.5. The van der Waals surface area contributed by atoms with Gasteiger partial charge in [-0.3, -0.25) is 15.0 Å². The summed E-state index contributed by atoms with van der Waals surface area (Å²) in [6.45, 7) is 6.19. The molecule has 0 aromatic carbocycles. The molecule has 0 saturated carbocycles. The van der Waals surface area contributed by atoms with Gasteiger partial charge in [-0.05, 0) is 44.8 Å². The molecule has 4 N–H and O–H groups in total. The Bertz CT molecular complexity index is 277. The molecule has 104 valence electrons. The molecule has 0 aromatic rings. The average Bonchev–Trinajstić information content (AvgIpc) is 2.29. The molecule has 0 aromatic heterocycles. The molecule has 6 nitrogen and oxygen atoms in total.